The average Bonchev–Trinajstić information content (AvgIpc) is 2.97. The van der Waals surface area contributed by atoms with Gasteiger partial charge in [0.15, 0.2) is 6.29 Å². The van der Waals surface area contributed by atoms with E-state index >= 15 is 0 Å². The van der Waals surface area contributed by atoms with Gasteiger partial charge in [0.25, 0.3) is 0 Å². The predicted octanol–water partition coefficient (Wildman–Crippen LogP) is 5.18. The topological polar surface area (TPSA) is 30.8 Å². The third-order valence-electron chi connectivity index (χ3n) is 4.03. The molecule has 0 bridgehead atoms. The molecule has 1 heterocycles. The third-order valence-corrected chi connectivity index (χ3v) is 5.33. The number of thiophene rings is 1. The molecule has 0 atom stereocenters. The van der Waals surface area contributed by atoms with Crippen LogP contribution in [0.5, 0.6) is 0 Å². The van der Waals surface area contributed by atoms with Crippen molar-refractivity contribution >= 4 is 37.7 Å². The molecule has 0 saturated heterocycles. The van der Waals surface area contributed by atoms with Gasteiger partial charge in [-0.3, -0.25) is 4.99 Å². The summed E-state index contributed by atoms with van der Waals surface area (Å²) in [5.74, 6) is 0. The average molecular weight is 341 g/mol. The van der Waals surface area contributed by atoms with Gasteiger partial charge in [-0.25, -0.2) is 0 Å². The van der Waals surface area contributed by atoms with Gasteiger partial charge in [0, 0.05) is 39.6 Å². The van der Waals surface area contributed by atoms with E-state index in [0.29, 0.717) is 19.8 Å². The summed E-state index contributed by atoms with van der Waals surface area (Å²) in [5.41, 5.74) is 2.43. The quantitative estimate of drug-likeness (QED) is 0.438. The second-order valence-electron chi connectivity index (χ2n) is 5.59. The van der Waals surface area contributed by atoms with Crippen LogP contribution in [-0.4, -0.2) is 32.3 Å². The molecule has 3 nitrogen and oxygen atoms in total. The molecule has 0 aliphatic carbocycles. The molecule has 3 rings (SSSR count). The number of nitrogens with zero attached hydrogens (tertiary/aromatic N) is 1. The molecule has 0 saturated carbocycles. The Morgan fingerprint density at radius 2 is 1.79 bits per heavy atom. The Bertz CT molecular complexity index is 847. The summed E-state index contributed by atoms with van der Waals surface area (Å²) in [6.45, 7) is 7.89. The van der Waals surface area contributed by atoms with E-state index in [9.17, 15) is 0 Å². The fraction of sp³-hybridized carbons (Fsp3) is 0.350. The Hall–Kier alpha value is -1.75. The summed E-state index contributed by atoms with van der Waals surface area (Å²) in [6, 6.07) is 12.9. The molecule has 0 unspecified atom stereocenters. The van der Waals surface area contributed by atoms with Crippen molar-refractivity contribution in [1.82, 2.24) is 0 Å². The summed E-state index contributed by atoms with van der Waals surface area (Å²) < 4.78 is 13.7. The highest BCUT2D eigenvalue weighted by Crippen LogP contribution is 2.36. The molecule has 4 heteroatoms. The normalized spacial score (nSPS) is 12.2. The zero-order valence-electron chi connectivity index (χ0n) is 14.4. The van der Waals surface area contributed by atoms with Gasteiger partial charge in [0.05, 0.1) is 6.54 Å². The number of hydrogen-bond acceptors (Lipinski definition) is 4. The van der Waals surface area contributed by atoms with E-state index in [1.807, 2.05) is 31.4 Å². The largest absolute Gasteiger partial charge is 0.351 e. The SMILES string of the molecule is CCOC(CN=Cc1ccc2c(sc3ccccc32)c1C)OCC. The Labute approximate surface area is 146 Å². The number of rotatable bonds is 7. The molecule has 0 amide bonds. The van der Waals surface area contributed by atoms with Gasteiger partial charge in [-0.1, -0.05) is 30.3 Å². The van der Waals surface area contributed by atoms with Crippen molar-refractivity contribution in [2.75, 3.05) is 19.8 Å². The van der Waals surface area contributed by atoms with Crippen molar-refractivity contribution in [3.05, 3.63) is 47.5 Å². The maximum Gasteiger partial charge on any atom is 0.176 e. The zero-order chi connectivity index (χ0) is 16.9. The minimum Gasteiger partial charge on any atom is -0.351 e. The lowest BCUT2D eigenvalue weighted by atomic mass is 10.1. The van der Waals surface area contributed by atoms with Crippen LogP contribution in [0, 0.1) is 6.92 Å². The number of ether oxygens (including phenoxy) is 2. The lowest BCUT2D eigenvalue weighted by molar-refractivity contribution is -0.128. The molecule has 126 valence electrons. The standard InChI is InChI=1S/C20H23NO2S/c1-4-22-19(23-5-2)13-21-12-15-10-11-17-16-8-6-7-9-18(16)24-20(17)14(15)3/h6-12,19H,4-5,13H2,1-3H3. The molecule has 0 radical (unpaired) electrons. The first kappa shape index (κ1) is 17.1. The van der Waals surface area contributed by atoms with E-state index in [1.165, 1.54) is 25.7 Å². The first-order chi connectivity index (χ1) is 11.7. The van der Waals surface area contributed by atoms with Crippen LogP contribution in [-0.2, 0) is 9.47 Å². The molecular weight excluding hydrogens is 318 g/mol. The van der Waals surface area contributed by atoms with Crippen LogP contribution < -0.4 is 0 Å². The minimum atomic E-state index is -0.260. The number of aliphatic imine (C=N–C) groups is 1. The van der Waals surface area contributed by atoms with E-state index in [-0.39, 0.29) is 6.29 Å². The van der Waals surface area contributed by atoms with Crippen LogP contribution in [0.15, 0.2) is 41.4 Å². The summed E-state index contributed by atoms with van der Waals surface area (Å²) in [6.07, 6.45) is 1.68. The van der Waals surface area contributed by atoms with Crippen molar-refractivity contribution in [2.24, 2.45) is 4.99 Å². The molecule has 1 aromatic heterocycles. The Balaban J connectivity index is 1.86. The molecule has 0 aliphatic rings. The van der Waals surface area contributed by atoms with Crippen LogP contribution in [0.3, 0.4) is 0 Å². The fourth-order valence-corrected chi connectivity index (χ4v) is 4.05. The summed E-state index contributed by atoms with van der Waals surface area (Å²) in [4.78, 5) is 4.53. The van der Waals surface area contributed by atoms with E-state index < -0.39 is 0 Å². The highest BCUT2D eigenvalue weighted by Gasteiger charge is 2.09. The zero-order valence-corrected chi connectivity index (χ0v) is 15.2. The maximum atomic E-state index is 5.53. The third kappa shape index (κ3) is 3.51. The van der Waals surface area contributed by atoms with Gasteiger partial charge < -0.3 is 9.47 Å². The van der Waals surface area contributed by atoms with Crippen molar-refractivity contribution in [3.8, 4) is 0 Å². The minimum absolute atomic E-state index is 0.260. The predicted molar refractivity (Wildman–Crippen MR) is 104 cm³/mol. The van der Waals surface area contributed by atoms with Crippen molar-refractivity contribution in [2.45, 2.75) is 27.1 Å². The van der Waals surface area contributed by atoms with Gasteiger partial charge in [-0.15, -0.1) is 11.3 Å². The second kappa shape index (κ2) is 7.88. The van der Waals surface area contributed by atoms with Gasteiger partial charge in [-0.05, 0) is 38.0 Å². The lowest BCUT2D eigenvalue weighted by Gasteiger charge is -2.14. The van der Waals surface area contributed by atoms with Gasteiger partial charge in [0.2, 0.25) is 0 Å². The summed E-state index contributed by atoms with van der Waals surface area (Å²) in [7, 11) is 0. The molecule has 0 fully saturated rings. The summed E-state index contributed by atoms with van der Waals surface area (Å²) in [5, 5.41) is 2.66. The highest BCUT2D eigenvalue weighted by atomic mass is 32.1. The van der Waals surface area contributed by atoms with Crippen molar-refractivity contribution in [3.63, 3.8) is 0 Å². The molecule has 2 aromatic carbocycles. The van der Waals surface area contributed by atoms with Crippen LogP contribution in [0.25, 0.3) is 20.2 Å². The molecule has 24 heavy (non-hydrogen) atoms. The Morgan fingerprint density at radius 1 is 1.04 bits per heavy atom. The van der Waals surface area contributed by atoms with Gasteiger partial charge >= 0.3 is 0 Å². The van der Waals surface area contributed by atoms with E-state index in [4.69, 9.17) is 9.47 Å². The highest BCUT2D eigenvalue weighted by molar-refractivity contribution is 7.26. The van der Waals surface area contributed by atoms with Crippen molar-refractivity contribution in [1.29, 1.82) is 0 Å². The smallest absolute Gasteiger partial charge is 0.176 e. The van der Waals surface area contributed by atoms with E-state index in [2.05, 4.69) is 48.3 Å². The number of benzene rings is 2. The maximum absolute atomic E-state index is 5.53. The second-order valence-corrected chi connectivity index (χ2v) is 6.64. The number of fused-ring (bicyclic) bond motifs is 3. The first-order valence-electron chi connectivity index (χ1n) is 8.38. The Kier molecular flexibility index (Phi) is 5.61. The molecule has 0 spiro atoms. The van der Waals surface area contributed by atoms with E-state index in [1.54, 1.807) is 0 Å². The van der Waals surface area contributed by atoms with Crippen LogP contribution >= 0.6 is 11.3 Å². The first-order valence-corrected chi connectivity index (χ1v) is 9.20. The Morgan fingerprint density at radius 3 is 2.54 bits per heavy atom. The molecular formula is C20H23NO2S. The van der Waals surface area contributed by atoms with Crippen LogP contribution in [0.4, 0.5) is 0 Å². The lowest BCUT2D eigenvalue weighted by Crippen LogP contribution is -2.20. The molecule has 0 aliphatic heterocycles. The number of hydrogen-bond donors (Lipinski definition) is 0. The van der Waals surface area contributed by atoms with Crippen LogP contribution in [0.1, 0.15) is 25.0 Å². The van der Waals surface area contributed by atoms with Gasteiger partial charge in [-0.2, -0.15) is 0 Å². The molecule has 3 aromatic rings. The van der Waals surface area contributed by atoms with Gasteiger partial charge in [0.1, 0.15) is 0 Å². The van der Waals surface area contributed by atoms with Crippen molar-refractivity contribution < 1.29 is 9.47 Å². The monoisotopic (exact) mass is 341 g/mol. The summed E-state index contributed by atoms with van der Waals surface area (Å²) >= 11 is 1.85. The van der Waals surface area contributed by atoms with E-state index in [0.717, 1.165) is 5.56 Å². The number of aryl methyl sites for hydroxylation is 1. The molecule has 0 N–H and O–H groups in total. The van der Waals surface area contributed by atoms with Crippen LogP contribution in [0.2, 0.25) is 0 Å². The fourth-order valence-electron chi connectivity index (χ4n) is 2.84.